The predicted molar refractivity (Wildman–Crippen MR) is 88.2 cm³/mol. The van der Waals surface area contributed by atoms with E-state index in [1.54, 1.807) is 11.1 Å². The minimum Gasteiger partial charge on any atom is -0.381 e. The first-order chi connectivity index (χ1) is 12.2. The number of amides is 1. The van der Waals surface area contributed by atoms with Crippen LogP contribution < -0.4 is 0 Å². The Labute approximate surface area is 145 Å². The van der Waals surface area contributed by atoms with Crippen LogP contribution in [-0.4, -0.2) is 45.3 Å². The summed E-state index contributed by atoms with van der Waals surface area (Å²) in [7, 11) is 0. The zero-order valence-electron chi connectivity index (χ0n) is 14.0. The summed E-state index contributed by atoms with van der Waals surface area (Å²) in [6.45, 7) is 3.01. The summed E-state index contributed by atoms with van der Waals surface area (Å²) >= 11 is 0. The van der Waals surface area contributed by atoms with Gasteiger partial charge in [-0.2, -0.15) is 5.10 Å². The molecule has 7 heteroatoms. The second-order valence-corrected chi connectivity index (χ2v) is 6.89. The second-order valence-electron chi connectivity index (χ2n) is 6.89. The molecule has 3 heterocycles. The summed E-state index contributed by atoms with van der Waals surface area (Å²) in [5, 5.41) is 4.35. The van der Waals surface area contributed by atoms with E-state index >= 15 is 0 Å². The van der Waals surface area contributed by atoms with Crippen LogP contribution in [0.3, 0.4) is 0 Å². The average Bonchev–Trinajstić information content (AvgIpc) is 3.37. The fourth-order valence-electron chi connectivity index (χ4n) is 3.20. The molecule has 0 bridgehead atoms. The van der Waals surface area contributed by atoms with E-state index in [0.717, 1.165) is 18.5 Å². The molecule has 1 saturated carbocycles. The Bertz CT molecular complexity index is 759. The summed E-state index contributed by atoms with van der Waals surface area (Å²) < 4.78 is 21.7. The molecule has 1 fully saturated rings. The first kappa shape index (κ1) is 16.2. The number of nitrogens with zero attached hydrogens (tertiary/aromatic N) is 4. The van der Waals surface area contributed by atoms with E-state index in [2.05, 4.69) is 10.1 Å². The van der Waals surface area contributed by atoms with Gasteiger partial charge in [0.05, 0.1) is 30.6 Å². The van der Waals surface area contributed by atoms with Gasteiger partial charge in [0.2, 0.25) is 0 Å². The Hall–Kier alpha value is -2.28. The summed E-state index contributed by atoms with van der Waals surface area (Å²) in [5.74, 6) is -0.0722. The minimum absolute atomic E-state index is 0.0561. The molecule has 1 unspecified atom stereocenters. The van der Waals surface area contributed by atoms with Crippen LogP contribution in [0.1, 0.15) is 28.9 Å². The van der Waals surface area contributed by atoms with Gasteiger partial charge in [0.15, 0.2) is 5.82 Å². The van der Waals surface area contributed by atoms with Crippen molar-refractivity contribution < 1.29 is 13.9 Å². The second kappa shape index (κ2) is 6.92. The van der Waals surface area contributed by atoms with Crippen LogP contribution >= 0.6 is 0 Å². The fourth-order valence-corrected chi connectivity index (χ4v) is 3.20. The summed E-state index contributed by atoms with van der Waals surface area (Å²) in [4.78, 5) is 18.2. The molecule has 1 aliphatic carbocycles. The standard InChI is InChI=1S/C18H21FN4O2/c19-17-7-20-5-4-16(17)18(24)22-8-14(12-25-11-13-1-2-13)9-23-15(10-22)3-6-21-23/h3-7,13-14H,1-2,8-12H2. The lowest BCUT2D eigenvalue weighted by molar-refractivity contribution is 0.0565. The molecule has 25 heavy (non-hydrogen) atoms. The summed E-state index contributed by atoms with van der Waals surface area (Å²) in [6.07, 6.45) is 6.75. The van der Waals surface area contributed by atoms with E-state index < -0.39 is 5.82 Å². The molecule has 1 amide bonds. The van der Waals surface area contributed by atoms with E-state index in [9.17, 15) is 9.18 Å². The molecular formula is C18H21FN4O2. The highest BCUT2D eigenvalue weighted by Gasteiger charge is 2.28. The van der Waals surface area contributed by atoms with Crippen molar-refractivity contribution in [3.63, 3.8) is 0 Å². The largest absolute Gasteiger partial charge is 0.381 e. The highest BCUT2D eigenvalue weighted by atomic mass is 19.1. The number of hydrogen-bond donors (Lipinski definition) is 0. The molecule has 1 atom stereocenters. The Kier molecular flexibility index (Phi) is 4.48. The molecule has 2 aromatic rings. The number of carbonyl (C=O) groups excluding carboxylic acids is 1. The van der Waals surface area contributed by atoms with Crippen molar-refractivity contribution in [2.45, 2.75) is 25.9 Å². The van der Waals surface area contributed by atoms with Gasteiger partial charge in [0, 0.05) is 38.0 Å². The van der Waals surface area contributed by atoms with Gasteiger partial charge in [-0.05, 0) is 30.9 Å². The van der Waals surface area contributed by atoms with Crippen molar-refractivity contribution in [3.8, 4) is 0 Å². The Balaban J connectivity index is 1.51. The normalized spacial score (nSPS) is 20.2. The van der Waals surface area contributed by atoms with E-state index in [-0.39, 0.29) is 17.4 Å². The van der Waals surface area contributed by atoms with Crippen LogP contribution in [0.15, 0.2) is 30.7 Å². The number of ether oxygens (including phenoxy) is 1. The number of halogens is 1. The lowest BCUT2D eigenvalue weighted by Crippen LogP contribution is -2.36. The molecule has 4 rings (SSSR count). The summed E-state index contributed by atoms with van der Waals surface area (Å²) in [6, 6.07) is 3.33. The molecule has 0 aromatic carbocycles. The Morgan fingerprint density at radius 3 is 2.84 bits per heavy atom. The van der Waals surface area contributed by atoms with Crippen molar-refractivity contribution in [3.05, 3.63) is 47.8 Å². The highest BCUT2D eigenvalue weighted by Crippen LogP contribution is 2.29. The molecule has 0 saturated heterocycles. The zero-order valence-corrected chi connectivity index (χ0v) is 14.0. The molecule has 1 aliphatic heterocycles. The Morgan fingerprint density at radius 1 is 1.20 bits per heavy atom. The van der Waals surface area contributed by atoms with Crippen LogP contribution in [0, 0.1) is 17.7 Å². The van der Waals surface area contributed by atoms with Gasteiger partial charge in [-0.1, -0.05) is 0 Å². The first-order valence-corrected chi connectivity index (χ1v) is 8.68. The number of aromatic nitrogens is 3. The van der Waals surface area contributed by atoms with Gasteiger partial charge in [0.1, 0.15) is 0 Å². The predicted octanol–water partition coefficient (Wildman–Crippen LogP) is 2.12. The minimum atomic E-state index is -0.591. The van der Waals surface area contributed by atoms with E-state index in [0.29, 0.717) is 32.2 Å². The molecular weight excluding hydrogens is 323 g/mol. The van der Waals surface area contributed by atoms with Crippen molar-refractivity contribution >= 4 is 5.91 Å². The first-order valence-electron chi connectivity index (χ1n) is 8.68. The van der Waals surface area contributed by atoms with E-state index in [4.69, 9.17) is 4.74 Å². The number of hydrogen-bond acceptors (Lipinski definition) is 4. The van der Waals surface area contributed by atoms with E-state index in [1.807, 2.05) is 10.7 Å². The van der Waals surface area contributed by atoms with Crippen LogP contribution in [0.25, 0.3) is 0 Å². The summed E-state index contributed by atoms with van der Waals surface area (Å²) in [5.41, 5.74) is 1.01. The lowest BCUT2D eigenvalue weighted by Gasteiger charge is -2.24. The van der Waals surface area contributed by atoms with Crippen LogP contribution in [0.5, 0.6) is 0 Å². The zero-order chi connectivity index (χ0) is 17.2. The molecule has 132 valence electrons. The van der Waals surface area contributed by atoms with Crippen molar-refractivity contribution in [2.75, 3.05) is 19.8 Å². The third-order valence-corrected chi connectivity index (χ3v) is 4.76. The number of pyridine rings is 1. The fraction of sp³-hybridized carbons (Fsp3) is 0.500. The Morgan fingerprint density at radius 2 is 2.04 bits per heavy atom. The number of fused-ring (bicyclic) bond motifs is 1. The molecule has 6 nitrogen and oxygen atoms in total. The van der Waals surface area contributed by atoms with Crippen molar-refractivity contribution in [1.29, 1.82) is 0 Å². The third-order valence-electron chi connectivity index (χ3n) is 4.76. The van der Waals surface area contributed by atoms with E-state index in [1.165, 1.54) is 25.1 Å². The molecule has 2 aliphatic rings. The van der Waals surface area contributed by atoms with Gasteiger partial charge in [-0.25, -0.2) is 4.39 Å². The van der Waals surface area contributed by atoms with Crippen LogP contribution in [0.2, 0.25) is 0 Å². The maximum absolute atomic E-state index is 14.0. The SMILES string of the molecule is O=C(c1ccncc1F)N1Cc2ccnn2CC(COCC2CC2)C1. The molecule has 0 N–H and O–H groups in total. The van der Waals surface area contributed by atoms with Gasteiger partial charge < -0.3 is 9.64 Å². The molecule has 0 spiro atoms. The number of carbonyl (C=O) groups is 1. The highest BCUT2D eigenvalue weighted by molar-refractivity contribution is 5.94. The van der Waals surface area contributed by atoms with Gasteiger partial charge >= 0.3 is 0 Å². The van der Waals surface area contributed by atoms with Gasteiger partial charge in [-0.3, -0.25) is 14.5 Å². The topological polar surface area (TPSA) is 60.2 Å². The third kappa shape index (κ3) is 3.71. The van der Waals surface area contributed by atoms with Crippen molar-refractivity contribution in [2.24, 2.45) is 11.8 Å². The monoisotopic (exact) mass is 344 g/mol. The maximum atomic E-state index is 14.0. The smallest absolute Gasteiger partial charge is 0.257 e. The molecule has 2 aromatic heterocycles. The number of rotatable bonds is 5. The van der Waals surface area contributed by atoms with Crippen LogP contribution in [-0.2, 0) is 17.8 Å². The van der Waals surface area contributed by atoms with Gasteiger partial charge in [-0.15, -0.1) is 0 Å². The van der Waals surface area contributed by atoms with Crippen molar-refractivity contribution in [1.82, 2.24) is 19.7 Å². The van der Waals surface area contributed by atoms with Gasteiger partial charge in [0.25, 0.3) is 5.91 Å². The molecule has 0 radical (unpaired) electrons. The quantitative estimate of drug-likeness (QED) is 0.834. The average molecular weight is 344 g/mol. The lowest BCUT2D eigenvalue weighted by atomic mass is 10.1. The maximum Gasteiger partial charge on any atom is 0.257 e. The van der Waals surface area contributed by atoms with Crippen LogP contribution in [0.4, 0.5) is 4.39 Å².